The third kappa shape index (κ3) is 2.03. The minimum Gasteiger partial charge on any atom is -0.393 e. The Hall–Kier alpha value is -1.91. The van der Waals surface area contributed by atoms with Crippen LogP contribution in [0.5, 0.6) is 0 Å². The molecule has 1 aliphatic rings. The Bertz CT molecular complexity index is 828. The molecule has 3 aromatic rings. The molecule has 2 aromatic heterocycles. The van der Waals surface area contributed by atoms with Crippen LogP contribution in [0.15, 0.2) is 36.5 Å². The second-order valence-electron chi connectivity index (χ2n) is 5.36. The summed E-state index contributed by atoms with van der Waals surface area (Å²) >= 11 is 5.94. The van der Waals surface area contributed by atoms with Crippen LogP contribution in [0.25, 0.3) is 16.7 Å². The smallest absolute Gasteiger partial charge is 0.224 e. The fraction of sp³-hybridized carbons (Fsp3) is 0.250. The third-order valence-electron chi connectivity index (χ3n) is 4.08. The highest BCUT2D eigenvalue weighted by Crippen LogP contribution is 2.34. The highest BCUT2D eigenvalue weighted by atomic mass is 35.5. The van der Waals surface area contributed by atoms with E-state index < -0.39 is 0 Å². The number of hydrogen-bond donors (Lipinski definition) is 1. The van der Waals surface area contributed by atoms with Crippen molar-refractivity contribution in [3.63, 3.8) is 0 Å². The van der Waals surface area contributed by atoms with Gasteiger partial charge in [0.05, 0.1) is 11.6 Å². The Morgan fingerprint density at radius 1 is 1.24 bits per heavy atom. The molecule has 1 atom stereocenters. The molecule has 1 aliphatic carbocycles. The summed E-state index contributed by atoms with van der Waals surface area (Å²) in [4.78, 5) is 8.30. The van der Waals surface area contributed by atoms with Crippen molar-refractivity contribution in [2.45, 2.75) is 25.4 Å². The van der Waals surface area contributed by atoms with Gasteiger partial charge in [0, 0.05) is 23.7 Å². The van der Waals surface area contributed by atoms with Crippen LogP contribution in [0.2, 0.25) is 5.28 Å². The van der Waals surface area contributed by atoms with Gasteiger partial charge in [-0.25, -0.2) is 4.98 Å². The molecule has 0 amide bonds. The molecule has 0 saturated carbocycles. The number of aromatic nitrogens is 3. The van der Waals surface area contributed by atoms with Gasteiger partial charge in [0.1, 0.15) is 5.82 Å². The first-order chi connectivity index (χ1) is 10.2. The van der Waals surface area contributed by atoms with E-state index in [4.69, 9.17) is 11.6 Å². The first kappa shape index (κ1) is 12.8. The molecule has 0 saturated heterocycles. The number of hydrogen-bond acceptors (Lipinski definition) is 3. The zero-order valence-electron chi connectivity index (χ0n) is 11.3. The highest BCUT2D eigenvalue weighted by molar-refractivity contribution is 6.28. The Labute approximate surface area is 127 Å². The van der Waals surface area contributed by atoms with Gasteiger partial charge >= 0.3 is 0 Å². The molecule has 2 heterocycles. The second-order valence-corrected chi connectivity index (χ2v) is 5.70. The van der Waals surface area contributed by atoms with E-state index in [9.17, 15) is 5.11 Å². The van der Waals surface area contributed by atoms with Crippen LogP contribution in [0.3, 0.4) is 0 Å². The Kier molecular flexibility index (Phi) is 2.94. The molecule has 0 bridgehead atoms. The number of nitrogens with zero attached hydrogens (tertiary/aromatic N) is 3. The summed E-state index contributed by atoms with van der Waals surface area (Å²) < 4.78 is 2.14. The maximum Gasteiger partial charge on any atom is 0.224 e. The van der Waals surface area contributed by atoms with Gasteiger partial charge in [-0.1, -0.05) is 18.2 Å². The van der Waals surface area contributed by atoms with Crippen molar-refractivity contribution in [2.24, 2.45) is 0 Å². The molecule has 21 heavy (non-hydrogen) atoms. The fourth-order valence-electron chi connectivity index (χ4n) is 3.20. The number of benzene rings is 1. The van der Waals surface area contributed by atoms with Gasteiger partial charge in [0.25, 0.3) is 0 Å². The lowest BCUT2D eigenvalue weighted by Gasteiger charge is -2.19. The van der Waals surface area contributed by atoms with Crippen molar-refractivity contribution in [1.82, 2.24) is 14.5 Å². The highest BCUT2D eigenvalue weighted by Gasteiger charge is 2.25. The predicted molar refractivity (Wildman–Crippen MR) is 81.9 cm³/mol. The van der Waals surface area contributed by atoms with Gasteiger partial charge in [-0.05, 0) is 42.1 Å². The van der Waals surface area contributed by atoms with Crippen LogP contribution in [-0.4, -0.2) is 25.7 Å². The predicted octanol–water partition coefficient (Wildman–Crippen LogP) is 2.92. The van der Waals surface area contributed by atoms with E-state index in [1.165, 1.54) is 16.6 Å². The number of rotatable bonds is 1. The minimum absolute atomic E-state index is 0.245. The third-order valence-corrected chi connectivity index (χ3v) is 4.27. The van der Waals surface area contributed by atoms with E-state index in [1.807, 2.05) is 18.2 Å². The van der Waals surface area contributed by atoms with Gasteiger partial charge in [0.15, 0.2) is 0 Å². The fourth-order valence-corrected chi connectivity index (χ4v) is 3.35. The summed E-state index contributed by atoms with van der Waals surface area (Å²) in [6, 6.07) is 10.1. The lowest BCUT2D eigenvalue weighted by molar-refractivity contribution is 0.158. The van der Waals surface area contributed by atoms with Gasteiger partial charge in [-0.2, -0.15) is 4.98 Å². The second kappa shape index (κ2) is 4.83. The summed E-state index contributed by atoms with van der Waals surface area (Å²) in [5, 5.41) is 11.4. The lowest BCUT2D eigenvalue weighted by Crippen LogP contribution is -2.19. The van der Waals surface area contributed by atoms with Crippen LogP contribution in [0, 0.1) is 0 Å². The van der Waals surface area contributed by atoms with Gasteiger partial charge in [0.2, 0.25) is 5.28 Å². The normalized spacial score (nSPS) is 17.9. The quantitative estimate of drug-likeness (QED) is 0.703. The van der Waals surface area contributed by atoms with Crippen LogP contribution < -0.4 is 0 Å². The summed E-state index contributed by atoms with van der Waals surface area (Å²) in [6.45, 7) is 0. The van der Waals surface area contributed by atoms with Gasteiger partial charge < -0.3 is 5.11 Å². The summed E-state index contributed by atoms with van der Waals surface area (Å²) in [5.74, 6) is 0.781. The Morgan fingerprint density at radius 2 is 2.10 bits per heavy atom. The van der Waals surface area contributed by atoms with Crippen molar-refractivity contribution in [2.75, 3.05) is 0 Å². The molecule has 0 aliphatic heterocycles. The van der Waals surface area contributed by atoms with Crippen molar-refractivity contribution >= 4 is 22.5 Å². The molecule has 106 valence electrons. The average Bonchev–Trinajstić information content (AvgIpc) is 2.81. The maximum atomic E-state index is 9.98. The van der Waals surface area contributed by atoms with E-state index in [-0.39, 0.29) is 11.4 Å². The molecule has 4 nitrogen and oxygen atoms in total. The Morgan fingerprint density at radius 3 is 2.95 bits per heavy atom. The van der Waals surface area contributed by atoms with Crippen LogP contribution in [0.4, 0.5) is 0 Å². The zero-order chi connectivity index (χ0) is 14.4. The summed E-state index contributed by atoms with van der Waals surface area (Å²) in [6.07, 6.45) is 3.73. The molecule has 1 N–H and O–H groups in total. The minimum atomic E-state index is -0.259. The number of halogens is 1. The largest absolute Gasteiger partial charge is 0.393 e. The van der Waals surface area contributed by atoms with E-state index in [2.05, 4.69) is 26.7 Å². The summed E-state index contributed by atoms with van der Waals surface area (Å²) in [5.41, 5.74) is 3.54. The van der Waals surface area contributed by atoms with Crippen molar-refractivity contribution in [1.29, 1.82) is 0 Å². The monoisotopic (exact) mass is 299 g/mol. The van der Waals surface area contributed by atoms with E-state index in [0.29, 0.717) is 6.42 Å². The molecular formula is C16H14ClN3O. The number of aliphatic hydroxyl groups excluding tert-OH is 1. The molecule has 4 rings (SSSR count). The zero-order valence-corrected chi connectivity index (χ0v) is 12.1. The topological polar surface area (TPSA) is 50.9 Å². The molecular weight excluding hydrogens is 286 g/mol. The number of fused-ring (bicyclic) bond motifs is 3. The number of aliphatic hydroxyl groups is 1. The Balaban J connectivity index is 2.05. The van der Waals surface area contributed by atoms with Crippen molar-refractivity contribution < 1.29 is 5.11 Å². The summed E-state index contributed by atoms with van der Waals surface area (Å²) in [7, 11) is 0. The molecule has 0 radical (unpaired) electrons. The van der Waals surface area contributed by atoms with E-state index in [1.54, 1.807) is 6.20 Å². The molecule has 0 spiro atoms. The molecule has 0 fully saturated rings. The van der Waals surface area contributed by atoms with Crippen LogP contribution in [-0.2, 0) is 12.8 Å². The molecule has 1 aromatic carbocycles. The van der Waals surface area contributed by atoms with Gasteiger partial charge in [-0.3, -0.25) is 4.57 Å². The van der Waals surface area contributed by atoms with Crippen molar-refractivity contribution in [3.05, 3.63) is 53.1 Å². The van der Waals surface area contributed by atoms with Crippen LogP contribution >= 0.6 is 11.6 Å². The number of para-hydroxylation sites is 1. The van der Waals surface area contributed by atoms with Gasteiger partial charge in [-0.15, -0.1) is 0 Å². The van der Waals surface area contributed by atoms with E-state index >= 15 is 0 Å². The average molecular weight is 300 g/mol. The molecule has 5 heteroatoms. The first-order valence-electron chi connectivity index (χ1n) is 7.02. The standard InChI is InChI=1S/C16H14ClN3O/c17-16-18-8-7-15(19-16)20-13-4-2-1-3-11(13)12-9-10(21)5-6-14(12)20/h1-4,7-8,10,21H,5-6,9H2. The van der Waals surface area contributed by atoms with Crippen LogP contribution in [0.1, 0.15) is 17.7 Å². The molecule has 1 unspecified atom stereocenters. The first-order valence-corrected chi connectivity index (χ1v) is 7.40. The maximum absolute atomic E-state index is 9.98. The van der Waals surface area contributed by atoms with Crippen molar-refractivity contribution in [3.8, 4) is 5.82 Å². The van der Waals surface area contributed by atoms with E-state index in [0.717, 1.165) is 24.2 Å². The lowest BCUT2D eigenvalue weighted by atomic mass is 9.93. The SMILES string of the molecule is OC1CCc2c(c3ccccc3n2-c2ccnc(Cl)n2)C1.